The fourth-order valence-electron chi connectivity index (χ4n) is 2.81. The normalized spacial score (nSPS) is 18.0. The van der Waals surface area contributed by atoms with Crippen molar-refractivity contribution in [1.82, 2.24) is 10.2 Å². The van der Waals surface area contributed by atoms with E-state index in [4.69, 9.17) is 16.3 Å². The Bertz CT molecular complexity index is 554. The Balaban J connectivity index is 0.00000312. The molecular weight excluding hydrogens is 473 g/mol. The second kappa shape index (κ2) is 10.3. The SMILES string of the molecule is CN=C(NCC(O)c1ccc(Cl)s1)N1CCC(OC(C)(C)C)CC1.I. The summed E-state index contributed by atoms with van der Waals surface area (Å²) >= 11 is 7.32. The van der Waals surface area contributed by atoms with Gasteiger partial charge >= 0.3 is 0 Å². The molecule has 2 N–H and O–H groups in total. The lowest BCUT2D eigenvalue weighted by Gasteiger charge is -2.37. The van der Waals surface area contributed by atoms with Gasteiger partial charge in [0.15, 0.2) is 5.96 Å². The summed E-state index contributed by atoms with van der Waals surface area (Å²) in [5, 5.41) is 13.5. The van der Waals surface area contributed by atoms with Crippen LogP contribution in [0.25, 0.3) is 0 Å². The maximum Gasteiger partial charge on any atom is 0.193 e. The molecule has 1 saturated heterocycles. The van der Waals surface area contributed by atoms with Crippen molar-refractivity contribution < 1.29 is 9.84 Å². The summed E-state index contributed by atoms with van der Waals surface area (Å²) in [6.45, 7) is 8.51. The van der Waals surface area contributed by atoms with Gasteiger partial charge in [0, 0.05) is 31.6 Å². The first-order chi connectivity index (χ1) is 11.3. The lowest BCUT2D eigenvalue weighted by atomic mass is 10.1. The van der Waals surface area contributed by atoms with Crippen molar-refractivity contribution in [3.05, 3.63) is 21.3 Å². The minimum Gasteiger partial charge on any atom is -0.386 e. The third kappa shape index (κ3) is 7.58. The van der Waals surface area contributed by atoms with Crippen molar-refractivity contribution >= 4 is 52.9 Å². The smallest absolute Gasteiger partial charge is 0.193 e. The summed E-state index contributed by atoms with van der Waals surface area (Å²) in [7, 11) is 1.77. The highest BCUT2D eigenvalue weighted by Crippen LogP contribution is 2.26. The Morgan fingerprint density at radius 1 is 1.44 bits per heavy atom. The average molecular weight is 502 g/mol. The van der Waals surface area contributed by atoms with E-state index in [9.17, 15) is 5.11 Å². The molecular formula is C17H29ClIN3O2S. The first kappa shape index (κ1) is 23.0. The van der Waals surface area contributed by atoms with Crippen LogP contribution in [0, 0.1) is 0 Å². The Morgan fingerprint density at radius 3 is 2.56 bits per heavy atom. The summed E-state index contributed by atoms with van der Waals surface area (Å²) in [6, 6.07) is 3.66. The van der Waals surface area contributed by atoms with E-state index in [0.717, 1.165) is 36.8 Å². The number of halogens is 2. The van der Waals surface area contributed by atoms with Crippen LogP contribution in [0.1, 0.15) is 44.6 Å². The first-order valence-corrected chi connectivity index (χ1v) is 9.54. The first-order valence-electron chi connectivity index (χ1n) is 8.35. The number of nitrogens with one attached hydrogen (secondary N) is 1. The predicted octanol–water partition coefficient (Wildman–Crippen LogP) is 3.91. The number of thiophene rings is 1. The van der Waals surface area contributed by atoms with Gasteiger partial charge in [-0.2, -0.15) is 0 Å². The molecule has 5 nitrogen and oxygen atoms in total. The fourth-order valence-corrected chi connectivity index (χ4v) is 3.86. The Labute approximate surface area is 176 Å². The third-order valence-corrected chi connectivity index (χ3v) is 5.18. The van der Waals surface area contributed by atoms with Gasteiger partial charge in [-0.25, -0.2) is 0 Å². The molecule has 0 radical (unpaired) electrons. The van der Waals surface area contributed by atoms with E-state index in [0.29, 0.717) is 17.0 Å². The van der Waals surface area contributed by atoms with Gasteiger partial charge in [-0.05, 0) is 45.7 Å². The molecule has 144 valence electrons. The van der Waals surface area contributed by atoms with Crippen molar-refractivity contribution in [3.63, 3.8) is 0 Å². The van der Waals surface area contributed by atoms with Gasteiger partial charge < -0.3 is 20.1 Å². The van der Waals surface area contributed by atoms with Crippen LogP contribution in [0.3, 0.4) is 0 Å². The van der Waals surface area contributed by atoms with Crippen LogP contribution < -0.4 is 5.32 Å². The van der Waals surface area contributed by atoms with Gasteiger partial charge in [0.1, 0.15) is 6.10 Å². The minimum absolute atomic E-state index is 0. The minimum atomic E-state index is -0.582. The van der Waals surface area contributed by atoms with Crippen LogP contribution in [-0.2, 0) is 4.74 Å². The maximum atomic E-state index is 10.2. The fraction of sp³-hybridized carbons (Fsp3) is 0.706. The molecule has 0 saturated carbocycles. The molecule has 25 heavy (non-hydrogen) atoms. The highest BCUT2D eigenvalue weighted by molar-refractivity contribution is 14.0. The van der Waals surface area contributed by atoms with Crippen molar-refractivity contribution in [3.8, 4) is 0 Å². The highest BCUT2D eigenvalue weighted by atomic mass is 127. The molecule has 2 heterocycles. The topological polar surface area (TPSA) is 57.1 Å². The molecule has 1 aromatic rings. The molecule has 1 fully saturated rings. The van der Waals surface area contributed by atoms with E-state index in [2.05, 4.69) is 36.0 Å². The molecule has 8 heteroatoms. The molecule has 1 unspecified atom stereocenters. The van der Waals surface area contributed by atoms with E-state index in [1.807, 2.05) is 6.07 Å². The number of nitrogens with zero attached hydrogens (tertiary/aromatic N) is 2. The standard InChI is InChI=1S/C17H28ClN3O2S.HI/c1-17(2,3)23-12-7-9-21(10-8-12)16(19-4)20-11-13(22)14-5-6-15(18)24-14;/h5-6,12-13,22H,7-11H2,1-4H3,(H,19,20);1H. The van der Waals surface area contributed by atoms with Crippen LogP contribution in [-0.4, -0.2) is 54.4 Å². The second-order valence-corrected chi connectivity index (χ2v) is 8.75. The van der Waals surface area contributed by atoms with Crippen LogP contribution >= 0.6 is 46.9 Å². The summed E-state index contributed by atoms with van der Waals surface area (Å²) in [6.07, 6.45) is 1.70. The zero-order valence-corrected chi connectivity index (χ0v) is 19.2. The van der Waals surface area contributed by atoms with Gasteiger partial charge in [0.05, 0.1) is 16.0 Å². The van der Waals surface area contributed by atoms with Gasteiger partial charge in [-0.3, -0.25) is 4.99 Å². The molecule has 0 aromatic carbocycles. The Hall–Kier alpha value is -0.0900. The summed E-state index contributed by atoms with van der Waals surface area (Å²) < 4.78 is 6.75. The Morgan fingerprint density at radius 2 is 2.08 bits per heavy atom. The van der Waals surface area contributed by atoms with Crippen molar-refractivity contribution in [2.45, 2.75) is 51.4 Å². The van der Waals surface area contributed by atoms with Gasteiger partial charge in [0.2, 0.25) is 0 Å². The number of piperidine rings is 1. The van der Waals surface area contributed by atoms with Crippen LogP contribution in [0.15, 0.2) is 17.1 Å². The average Bonchev–Trinajstić information content (AvgIpc) is 2.94. The molecule has 0 bridgehead atoms. The van der Waals surface area contributed by atoms with Crippen LogP contribution in [0.5, 0.6) is 0 Å². The van der Waals surface area contributed by atoms with Gasteiger partial charge in [0.25, 0.3) is 0 Å². The molecule has 0 aliphatic carbocycles. The molecule has 1 aliphatic rings. The summed E-state index contributed by atoms with van der Waals surface area (Å²) in [4.78, 5) is 7.42. The number of aliphatic hydroxyl groups is 1. The van der Waals surface area contributed by atoms with Crippen molar-refractivity contribution in [2.24, 2.45) is 4.99 Å². The number of likely N-dealkylation sites (tertiary alicyclic amines) is 1. The molecule has 1 aliphatic heterocycles. The summed E-state index contributed by atoms with van der Waals surface area (Å²) in [5.41, 5.74) is -0.0984. The highest BCUT2D eigenvalue weighted by Gasteiger charge is 2.25. The second-order valence-electron chi connectivity index (χ2n) is 7.00. The zero-order valence-electron chi connectivity index (χ0n) is 15.3. The van der Waals surface area contributed by atoms with E-state index in [-0.39, 0.29) is 29.6 Å². The maximum absolute atomic E-state index is 10.2. The van der Waals surface area contributed by atoms with Gasteiger partial charge in [-0.1, -0.05) is 11.6 Å². The number of aliphatic imine (C=N–C) groups is 1. The number of hydrogen-bond donors (Lipinski definition) is 2. The molecule has 1 atom stereocenters. The molecule has 0 spiro atoms. The predicted molar refractivity (Wildman–Crippen MR) is 116 cm³/mol. The molecule has 2 rings (SSSR count). The van der Waals surface area contributed by atoms with Gasteiger partial charge in [-0.15, -0.1) is 35.3 Å². The van der Waals surface area contributed by atoms with Crippen LogP contribution in [0.2, 0.25) is 4.34 Å². The zero-order chi connectivity index (χ0) is 17.7. The molecule has 0 amide bonds. The van der Waals surface area contributed by atoms with Crippen molar-refractivity contribution in [1.29, 1.82) is 0 Å². The molecule has 1 aromatic heterocycles. The largest absolute Gasteiger partial charge is 0.386 e. The lowest BCUT2D eigenvalue weighted by molar-refractivity contribution is -0.0773. The summed E-state index contributed by atoms with van der Waals surface area (Å²) in [5.74, 6) is 0.825. The lowest BCUT2D eigenvalue weighted by Crippen LogP contribution is -2.48. The number of rotatable bonds is 4. The van der Waals surface area contributed by atoms with E-state index >= 15 is 0 Å². The monoisotopic (exact) mass is 501 g/mol. The third-order valence-electron chi connectivity index (χ3n) is 3.85. The number of guanidine groups is 1. The number of aliphatic hydroxyl groups excluding tert-OH is 1. The van der Waals surface area contributed by atoms with Crippen molar-refractivity contribution in [2.75, 3.05) is 26.7 Å². The number of hydrogen-bond acceptors (Lipinski definition) is 4. The van der Waals surface area contributed by atoms with E-state index in [1.54, 1.807) is 13.1 Å². The van der Waals surface area contributed by atoms with Crippen LogP contribution in [0.4, 0.5) is 0 Å². The number of ether oxygens (including phenoxy) is 1. The quantitative estimate of drug-likeness (QED) is 0.373. The Kier molecular flexibility index (Phi) is 9.45. The van der Waals surface area contributed by atoms with E-state index < -0.39 is 6.10 Å². The van der Waals surface area contributed by atoms with E-state index in [1.165, 1.54) is 11.3 Å².